The standard InChI is InChI=1S/C22H22F3N3O2.C6H6.C6H12.C3H8.C2H6.CH5N/c23-22(24,25)17-4-7-20(26-14-17)30-19-3-1-2-16(13-19)12-15-8-10-28(11-9-15)21(29)27-18-5-6-18;1-2-4-6-5-3-1;1-4-6(3)5-2;1-3-2;2*1-2/h1-4,7,12-14,18H,5-6,8-11H2,(H,27,29);1-6H;4,6H,1,5H2,2-3H3;3H2,1-2H3;1-2H3;2H2,1H3/t;;6-;;;/m..1.../s1. The summed E-state index contributed by atoms with van der Waals surface area (Å²) in [6.07, 6.45) is 6.61. The summed E-state index contributed by atoms with van der Waals surface area (Å²) in [6, 6.07) is 21.8. The van der Waals surface area contributed by atoms with E-state index in [4.69, 9.17) is 4.74 Å². The predicted molar refractivity (Wildman–Crippen MR) is 200 cm³/mol. The molecule has 272 valence electrons. The molecule has 1 saturated heterocycles. The summed E-state index contributed by atoms with van der Waals surface area (Å²) in [5.74, 6) is 1.30. The number of nitrogens with two attached hydrogens (primary N) is 1. The Balaban J connectivity index is 0.000000998. The van der Waals surface area contributed by atoms with E-state index in [1.165, 1.54) is 31.5 Å². The van der Waals surface area contributed by atoms with Crippen LogP contribution in [0.3, 0.4) is 0 Å². The smallest absolute Gasteiger partial charge is 0.417 e. The summed E-state index contributed by atoms with van der Waals surface area (Å²) in [4.78, 5) is 17.7. The minimum absolute atomic E-state index is 0.0241. The highest BCUT2D eigenvalue weighted by Crippen LogP contribution is 2.30. The lowest BCUT2D eigenvalue weighted by Crippen LogP contribution is -2.43. The zero-order valence-corrected chi connectivity index (χ0v) is 30.6. The molecule has 2 aliphatic rings. The number of hydrogen-bond donors (Lipinski definition) is 2. The number of carbonyl (C=O) groups excluding carboxylic acids is 1. The Morgan fingerprint density at radius 3 is 1.96 bits per heavy atom. The zero-order chi connectivity index (χ0) is 37.1. The number of nitrogens with one attached hydrogen (secondary N) is 1. The molecule has 1 aliphatic carbocycles. The molecule has 1 atom stereocenters. The number of ether oxygens (including phenoxy) is 1. The lowest BCUT2D eigenvalue weighted by atomic mass is 10.0. The van der Waals surface area contributed by atoms with Crippen LogP contribution in [0.15, 0.2) is 97.2 Å². The van der Waals surface area contributed by atoms with Gasteiger partial charge in [-0.25, -0.2) is 9.78 Å². The van der Waals surface area contributed by atoms with Crippen LogP contribution in [-0.2, 0) is 6.18 Å². The number of carbonyl (C=O) groups is 1. The average molecular weight is 685 g/mol. The third kappa shape index (κ3) is 20.8. The Labute approximate surface area is 293 Å². The van der Waals surface area contributed by atoms with Crippen molar-refractivity contribution in [1.29, 1.82) is 0 Å². The molecule has 3 aromatic rings. The van der Waals surface area contributed by atoms with Crippen molar-refractivity contribution in [2.24, 2.45) is 11.7 Å². The first-order valence-corrected chi connectivity index (χ1v) is 17.4. The van der Waals surface area contributed by atoms with Crippen LogP contribution in [-0.4, -0.2) is 42.1 Å². The number of rotatable bonds is 6. The number of hydrogen-bond acceptors (Lipinski definition) is 4. The maximum absolute atomic E-state index is 12.6. The van der Waals surface area contributed by atoms with Crippen LogP contribution < -0.4 is 15.8 Å². The van der Waals surface area contributed by atoms with E-state index in [9.17, 15) is 18.0 Å². The summed E-state index contributed by atoms with van der Waals surface area (Å²) < 4.78 is 43.5. The van der Waals surface area contributed by atoms with Gasteiger partial charge < -0.3 is 20.7 Å². The number of aromatic nitrogens is 1. The molecule has 0 radical (unpaired) electrons. The van der Waals surface area contributed by atoms with Crippen molar-refractivity contribution in [3.8, 4) is 11.6 Å². The van der Waals surface area contributed by atoms with Gasteiger partial charge in [-0.1, -0.05) is 121 Å². The van der Waals surface area contributed by atoms with Crippen LogP contribution in [0.4, 0.5) is 18.0 Å². The van der Waals surface area contributed by atoms with Crippen molar-refractivity contribution >= 4 is 12.1 Å². The van der Waals surface area contributed by atoms with Crippen LogP contribution in [0.1, 0.15) is 91.2 Å². The number of pyridine rings is 1. The predicted octanol–water partition coefficient (Wildman–Crippen LogP) is 11.2. The first kappa shape index (κ1) is 44.9. The largest absolute Gasteiger partial charge is 0.439 e. The van der Waals surface area contributed by atoms with E-state index in [0.717, 1.165) is 43.5 Å². The van der Waals surface area contributed by atoms with Crippen LogP contribution in [0, 0.1) is 5.92 Å². The van der Waals surface area contributed by atoms with Crippen LogP contribution >= 0.6 is 0 Å². The van der Waals surface area contributed by atoms with Gasteiger partial charge in [0.2, 0.25) is 5.88 Å². The fourth-order valence-corrected chi connectivity index (χ4v) is 3.82. The fraction of sp³-hybridized carbons (Fsp3) is 0.450. The Morgan fingerprint density at radius 1 is 1.00 bits per heavy atom. The van der Waals surface area contributed by atoms with E-state index in [1.807, 2.05) is 79.4 Å². The van der Waals surface area contributed by atoms with Gasteiger partial charge in [0, 0.05) is 31.4 Å². The number of halogens is 3. The van der Waals surface area contributed by atoms with E-state index in [2.05, 4.69) is 56.4 Å². The van der Waals surface area contributed by atoms with Gasteiger partial charge in [0.15, 0.2) is 0 Å². The first-order valence-electron chi connectivity index (χ1n) is 17.4. The molecule has 1 aromatic heterocycles. The molecule has 2 heterocycles. The number of likely N-dealkylation sites (tertiary alicyclic amines) is 1. The summed E-state index contributed by atoms with van der Waals surface area (Å²) >= 11 is 0. The lowest BCUT2D eigenvalue weighted by Gasteiger charge is -2.28. The van der Waals surface area contributed by atoms with Crippen molar-refractivity contribution in [3.63, 3.8) is 0 Å². The third-order valence-corrected chi connectivity index (χ3v) is 6.83. The lowest BCUT2D eigenvalue weighted by molar-refractivity contribution is -0.137. The van der Waals surface area contributed by atoms with Gasteiger partial charge >= 0.3 is 12.2 Å². The second-order valence-corrected chi connectivity index (χ2v) is 11.1. The molecule has 5 rings (SSSR count). The SMILES string of the molecule is C=C[C@@H](C)CC.CC.CCC.CN.O=C(NC1CC1)N1CCC(=Cc2cccc(Oc3ccc(C(F)(F)F)cn3)c2)CC1.c1ccccc1. The molecule has 0 bridgehead atoms. The molecular formula is C40H59F3N4O2. The van der Waals surface area contributed by atoms with Gasteiger partial charge in [0.25, 0.3) is 0 Å². The van der Waals surface area contributed by atoms with E-state index in [-0.39, 0.29) is 11.9 Å². The van der Waals surface area contributed by atoms with Gasteiger partial charge in [-0.15, -0.1) is 6.58 Å². The van der Waals surface area contributed by atoms with Crippen LogP contribution in [0.5, 0.6) is 11.6 Å². The van der Waals surface area contributed by atoms with Crippen molar-refractivity contribution in [2.45, 2.75) is 92.3 Å². The quantitative estimate of drug-likeness (QED) is 0.253. The fourth-order valence-electron chi connectivity index (χ4n) is 3.82. The summed E-state index contributed by atoms with van der Waals surface area (Å²) in [5, 5.41) is 3.01. The van der Waals surface area contributed by atoms with E-state index < -0.39 is 11.7 Å². The third-order valence-electron chi connectivity index (χ3n) is 6.83. The molecule has 2 amide bonds. The van der Waals surface area contributed by atoms with Gasteiger partial charge in [-0.05, 0) is 62.4 Å². The number of piperidine rings is 1. The van der Waals surface area contributed by atoms with Crippen molar-refractivity contribution in [1.82, 2.24) is 15.2 Å². The normalized spacial score (nSPS) is 13.6. The van der Waals surface area contributed by atoms with Crippen molar-refractivity contribution in [2.75, 3.05) is 20.1 Å². The molecule has 9 heteroatoms. The second-order valence-electron chi connectivity index (χ2n) is 11.1. The Kier molecular flexibility index (Phi) is 24.5. The number of nitrogens with zero attached hydrogens (tertiary/aromatic N) is 2. The maximum Gasteiger partial charge on any atom is 0.417 e. The monoisotopic (exact) mass is 684 g/mol. The summed E-state index contributed by atoms with van der Waals surface area (Å²) in [6.45, 7) is 17.6. The van der Waals surface area contributed by atoms with E-state index in [1.54, 1.807) is 6.07 Å². The Morgan fingerprint density at radius 2 is 1.55 bits per heavy atom. The molecule has 0 unspecified atom stereocenters. The average Bonchev–Trinajstić information content (AvgIpc) is 3.96. The number of amides is 2. The molecule has 6 nitrogen and oxygen atoms in total. The van der Waals surface area contributed by atoms with Crippen molar-refractivity contribution in [3.05, 3.63) is 108 Å². The topological polar surface area (TPSA) is 80.5 Å². The first-order chi connectivity index (χ1) is 23.6. The van der Waals surface area contributed by atoms with Gasteiger partial charge in [-0.2, -0.15) is 13.2 Å². The highest BCUT2D eigenvalue weighted by atomic mass is 19.4. The Hall–Kier alpha value is -4.11. The molecule has 49 heavy (non-hydrogen) atoms. The van der Waals surface area contributed by atoms with Gasteiger partial charge in [0.1, 0.15) is 5.75 Å². The molecule has 1 aliphatic heterocycles. The molecule has 3 N–H and O–H groups in total. The maximum atomic E-state index is 12.6. The molecule has 2 fully saturated rings. The van der Waals surface area contributed by atoms with E-state index in [0.29, 0.717) is 30.8 Å². The number of alkyl halides is 3. The number of allylic oxidation sites excluding steroid dienone is 1. The highest BCUT2D eigenvalue weighted by molar-refractivity contribution is 5.75. The number of benzene rings is 2. The highest BCUT2D eigenvalue weighted by Gasteiger charge is 2.31. The summed E-state index contributed by atoms with van der Waals surface area (Å²) in [5.41, 5.74) is 5.87. The van der Waals surface area contributed by atoms with Crippen LogP contribution in [0.2, 0.25) is 0 Å². The van der Waals surface area contributed by atoms with Gasteiger partial charge in [-0.3, -0.25) is 0 Å². The number of urea groups is 1. The van der Waals surface area contributed by atoms with Crippen LogP contribution in [0.25, 0.3) is 6.08 Å². The molecule has 1 saturated carbocycles. The summed E-state index contributed by atoms with van der Waals surface area (Å²) in [7, 11) is 1.50. The minimum Gasteiger partial charge on any atom is -0.439 e. The Bertz CT molecular complexity index is 1260. The van der Waals surface area contributed by atoms with Crippen molar-refractivity contribution < 1.29 is 22.7 Å². The van der Waals surface area contributed by atoms with E-state index >= 15 is 0 Å². The molecule has 2 aromatic carbocycles. The minimum atomic E-state index is -4.42. The molecular weight excluding hydrogens is 625 g/mol. The molecule has 0 spiro atoms. The second kappa shape index (κ2) is 26.8. The zero-order valence-electron chi connectivity index (χ0n) is 30.6. The van der Waals surface area contributed by atoms with Gasteiger partial charge in [0.05, 0.1) is 5.56 Å².